The SMILES string of the molecule is CCCCCCCCCCCCCCCCCCCCCCCCCCCCCC/C=C/C(O)C(COC1OC(CO)C(O)C(O)C1O)NC(=O)CCCCCCCCCCCCC. The Labute approximate surface area is 395 Å². The van der Waals surface area contributed by atoms with Gasteiger partial charge in [0.05, 0.1) is 25.4 Å². The number of hydrogen-bond donors (Lipinski definition) is 6. The molecule has 1 fully saturated rings. The Kier molecular flexibility index (Phi) is 43.5. The molecule has 7 unspecified atom stereocenters. The molecular formula is C55H107NO8. The minimum atomic E-state index is -1.56. The first-order valence-corrected chi connectivity index (χ1v) is 27.9. The third kappa shape index (κ3) is 35.1. The molecule has 380 valence electrons. The Morgan fingerprint density at radius 2 is 0.859 bits per heavy atom. The first-order chi connectivity index (χ1) is 31.3. The second-order valence-corrected chi connectivity index (χ2v) is 19.7. The summed E-state index contributed by atoms with van der Waals surface area (Å²) in [6, 6.07) is -0.799. The number of ether oxygens (including phenoxy) is 2. The summed E-state index contributed by atoms with van der Waals surface area (Å²) in [5, 5.41) is 54.3. The van der Waals surface area contributed by atoms with Crippen LogP contribution in [-0.4, -0.2) is 87.5 Å². The van der Waals surface area contributed by atoms with Gasteiger partial charge in [0.25, 0.3) is 0 Å². The van der Waals surface area contributed by atoms with Gasteiger partial charge in [-0.3, -0.25) is 4.79 Å². The fourth-order valence-electron chi connectivity index (χ4n) is 9.16. The zero-order valence-electron chi connectivity index (χ0n) is 42.1. The zero-order valence-corrected chi connectivity index (χ0v) is 42.1. The molecule has 1 rings (SSSR count). The van der Waals surface area contributed by atoms with Crippen molar-refractivity contribution in [2.45, 2.75) is 320 Å². The summed E-state index contributed by atoms with van der Waals surface area (Å²) in [7, 11) is 0. The highest BCUT2D eigenvalue weighted by atomic mass is 16.7. The van der Waals surface area contributed by atoms with Gasteiger partial charge in [-0.25, -0.2) is 0 Å². The van der Waals surface area contributed by atoms with Crippen molar-refractivity contribution in [3.63, 3.8) is 0 Å². The monoisotopic (exact) mass is 910 g/mol. The first-order valence-electron chi connectivity index (χ1n) is 27.9. The average molecular weight is 910 g/mol. The van der Waals surface area contributed by atoms with E-state index >= 15 is 0 Å². The van der Waals surface area contributed by atoms with Gasteiger partial charge < -0.3 is 40.3 Å². The quantitative estimate of drug-likeness (QED) is 0.0261. The van der Waals surface area contributed by atoms with Crippen molar-refractivity contribution in [1.29, 1.82) is 0 Å². The van der Waals surface area contributed by atoms with Crippen molar-refractivity contribution in [2.75, 3.05) is 13.2 Å². The Bertz CT molecular complexity index is 1010. The number of amides is 1. The second kappa shape index (κ2) is 45.7. The molecular weight excluding hydrogens is 803 g/mol. The van der Waals surface area contributed by atoms with Crippen LogP contribution in [0.2, 0.25) is 0 Å². The van der Waals surface area contributed by atoms with Gasteiger partial charge in [0.2, 0.25) is 5.91 Å². The van der Waals surface area contributed by atoms with Crippen LogP contribution in [0.15, 0.2) is 12.2 Å². The lowest BCUT2D eigenvalue weighted by molar-refractivity contribution is -0.302. The maximum absolute atomic E-state index is 12.9. The highest BCUT2D eigenvalue weighted by molar-refractivity contribution is 5.76. The number of carbonyl (C=O) groups excluding carboxylic acids is 1. The van der Waals surface area contributed by atoms with Crippen molar-refractivity contribution in [1.82, 2.24) is 5.32 Å². The number of unbranched alkanes of at least 4 members (excludes halogenated alkanes) is 38. The highest BCUT2D eigenvalue weighted by Gasteiger charge is 2.44. The van der Waals surface area contributed by atoms with Crippen LogP contribution in [0.5, 0.6) is 0 Å². The van der Waals surface area contributed by atoms with Gasteiger partial charge in [-0.15, -0.1) is 0 Å². The van der Waals surface area contributed by atoms with Gasteiger partial charge in [-0.2, -0.15) is 0 Å². The average Bonchev–Trinajstić information content (AvgIpc) is 3.29. The predicted octanol–water partition coefficient (Wildman–Crippen LogP) is 13.2. The van der Waals surface area contributed by atoms with Gasteiger partial charge in [0.15, 0.2) is 6.29 Å². The number of rotatable bonds is 48. The summed E-state index contributed by atoms with van der Waals surface area (Å²) in [5.41, 5.74) is 0. The molecule has 0 spiro atoms. The summed E-state index contributed by atoms with van der Waals surface area (Å²) in [4.78, 5) is 12.9. The Morgan fingerprint density at radius 3 is 1.22 bits per heavy atom. The van der Waals surface area contributed by atoms with Crippen LogP contribution in [0.4, 0.5) is 0 Å². The van der Waals surface area contributed by atoms with E-state index < -0.39 is 49.5 Å². The van der Waals surface area contributed by atoms with E-state index in [2.05, 4.69) is 19.2 Å². The zero-order chi connectivity index (χ0) is 46.6. The smallest absolute Gasteiger partial charge is 0.220 e. The third-order valence-corrected chi connectivity index (χ3v) is 13.6. The molecule has 7 atom stereocenters. The van der Waals surface area contributed by atoms with Gasteiger partial charge in [-0.1, -0.05) is 264 Å². The number of hydrogen-bond acceptors (Lipinski definition) is 8. The standard InChI is InChI=1S/C55H107NO8/c1-3-5-7-9-11-13-15-16-17-18-19-20-21-22-23-24-25-26-27-28-29-30-31-32-33-35-36-38-40-42-44-49(58)48(47-63-55-54(62)53(61)52(60)50(46-57)64-55)56-51(59)45-43-41-39-37-34-14-12-10-8-6-4-2/h42,44,48-50,52-55,57-58,60-62H,3-41,43,45-47H2,1-2H3,(H,56,59)/b44-42+. The fraction of sp³-hybridized carbons (Fsp3) is 0.945. The molecule has 6 N–H and O–H groups in total. The first kappa shape index (κ1) is 60.9. The molecule has 0 aromatic carbocycles. The number of carbonyl (C=O) groups is 1. The molecule has 9 nitrogen and oxygen atoms in total. The van der Waals surface area contributed by atoms with Crippen LogP contribution in [-0.2, 0) is 14.3 Å². The van der Waals surface area contributed by atoms with E-state index in [1.54, 1.807) is 6.08 Å². The van der Waals surface area contributed by atoms with Crippen LogP contribution < -0.4 is 5.32 Å². The third-order valence-electron chi connectivity index (χ3n) is 13.6. The normalized spacial score (nSPS) is 20.0. The van der Waals surface area contributed by atoms with E-state index in [0.717, 1.165) is 38.5 Å². The van der Waals surface area contributed by atoms with E-state index in [-0.39, 0.29) is 12.5 Å². The summed E-state index contributed by atoms with van der Waals surface area (Å²) in [5.74, 6) is -0.175. The lowest BCUT2D eigenvalue weighted by Crippen LogP contribution is -2.60. The molecule has 1 aliphatic rings. The molecule has 0 aromatic rings. The molecule has 0 bridgehead atoms. The summed E-state index contributed by atoms with van der Waals surface area (Å²) < 4.78 is 11.2. The summed E-state index contributed by atoms with van der Waals surface area (Å²) in [6.07, 6.45) is 48.7. The topological polar surface area (TPSA) is 149 Å². The minimum absolute atomic E-state index is 0.175. The number of aliphatic hydroxyl groups is 5. The van der Waals surface area contributed by atoms with Crippen LogP contribution >= 0.6 is 0 Å². The Hall–Kier alpha value is -1.07. The number of aliphatic hydroxyl groups excluding tert-OH is 5. The van der Waals surface area contributed by atoms with Crippen molar-refractivity contribution in [3.05, 3.63) is 12.2 Å². The minimum Gasteiger partial charge on any atom is -0.394 e. The molecule has 1 heterocycles. The highest BCUT2D eigenvalue weighted by Crippen LogP contribution is 2.23. The molecule has 9 heteroatoms. The summed E-state index contributed by atoms with van der Waals surface area (Å²) in [6.45, 7) is 3.79. The number of allylic oxidation sites excluding steroid dienone is 1. The fourth-order valence-corrected chi connectivity index (χ4v) is 9.16. The second-order valence-electron chi connectivity index (χ2n) is 19.7. The van der Waals surface area contributed by atoms with Crippen molar-refractivity contribution in [3.8, 4) is 0 Å². The van der Waals surface area contributed by atoms with Crippen LogP contribution in [0.25, 0.3) is 0 Å². The van der Waals surface area contributed by atoms with Gasteiger partial charge in [0.1, 0.15) is 24.4 Å². The Morgan fingerprint density at radius 1 is 0.516 bits per heavy atom. The molecule has 0 saturated carbocycles. The maximum atomic E-state index is 12.9. The molecule has 1 amide bonds. The molecule has 0 aliphatic carbocycles. The molecule has 1 saturated heterocycles. The van der Waals surface area contributed by atoms with Gasteiger partial charge in [0, 0.05) is 6.42 Å². The van der Waals surface area contributed by atoms with Crippen molar-refractivity contribution < 1.29 is 39.8 Å². The molecule has 1 aliphatic heterocycles. The largest absolute Gasteiger partial charge is 0.394 e. The van der Waals surface area contributed by atoms with Gasteiger partial charge >= 0.3 is 0 Å². The van der Waals surface area contributed by atoms with E-state index in [9.17, 15) is 30.3 Å². The Balaban J connectivity index is 2.14. The van der Waals surface area contributed by atoms with Crippen LogP contribution in [0, 0.1) is 0 Å². The predicted molar refractivity (Wildman–Crippen MR) is 267 cm³/mol. The molecule has 0 aromatic heterocycles. The number of nitrogens with one attached hydrogen (secondary N) is 1. The van der Waals surface area contributed by atoms with E-state index in [4.69, 9.17) is 9.47 Å². The van der Waals surface area contributed by atoms with Crippen molar-refractivity contribution >= 4 is 5.91 Å². The summed E-state index contributed by atoms with van der Waals surface area (Å²) >= 11 is 0. The molecule has 64 heavy (non-hydrogen) atoms. The lowest BCUT2D eigenvalue weighted by Gasteiger charge is -2.40. The van der Waals surface area contributed by atoms with Crippen LogP contribution in [0.3, 0.4) is 0 Å². The lowest BCUT2D eigenvalue weighted by atomic mass is 9.99. The van der Waals surface area contributed by atoms with E-state index in [1.807, 2.05) is 6.08 Å². The molecule has 0 radical (unpaired) electrons. The van der Waals surface area contributed by atoms with Gasteiger partial charge in [-0.05, 0) is 19.3 Å². The van der Waals surface area contributed by atoms with Crippen LogP contribution in [0.1, 0.15) is 277 Å². The maximum Gasteiger partial charge on any atom is 0.220 e. The van der Waals surface area contributed by atoms with E-state index in [1.165, 1.54) is 218 Å². The van der Waals surface area contributed by atoms with Crippen molar-refractivity contribution in [2.24, 2.45) is 0 Å². The van der Waals surface area contributed by atoms with E-state index in [0.29, 0.717) is 6.42 Å².